The molecule has 1 aromatic rings. The molecule has 0 spiro atoms. The van der Waals surface area contributed by atoms with E-state index in [1.54, 1.807) is 0 Å². The van der Waals surface area contributed by atoms with Crippen molar-refractivity contribution in [3.63, 3.8) is 0 Å². The summed E-state index contributed by atoms with van der Waals surface area (Å²) in [5, 5.41) is 3.26. The van der Waals surface area contributed by atoms with Gasteiger partial charge in [0, 0.05) is 13.0 Å². The summed E-state index contributed by atoms with van der Waals surface area (Å²) in [5.41, 5.74) is 0. The van der Waals surface area contributed by atoms with E-state index < -0.39 is 0 Å². The van der Waals surface area contributed by atoms with Crippen LogP contribution >= 0.6 is 12.2 Å². The van der Waals surface area contributed by atoms with Crippen LogP contribution in [0.25, 0.3) is 0 Å². The van der Waals surface area contributed by atoms with Crippen LogP contribution in [0, 0.1) is 4.77 Å². The lowest BCUT2D eigenvalue weighted by atomic mass is 9.91. The second-order valence-electron chi connectivity index (χ2n) is 4.49. The van der Waals surface area contributed by atoms with Gasteiger partial charge in [-0.1, -0.05) is 32.1 Å². The molecule has 84 valence electrons. The lowest BCUT2D eigenvalue weighted by Gasteiger charge is -2.16. The molecular weight excluding hydrogens is 206 g/mol. The zero-order valence-electron chi connectivity index (χ0n) is 9.33. The average molecular weight is 225 g/mol. The van der Waals surface area contributed by atoms with Gasteiger partial charge in [-0.25, -0.2) is 4.98 Å². The largest absolute Gasteiger partial charge is 0.283 e. The molecule has 1 heterocycles. The van der Waals surface area contributed by atoms with Gasteiger partial charge in [-0.05, 0) is 25.1 Å². The maximum atomic E-state index is 5.12. The minimum absolute atomic E-state index is 0.605. The number of nitrogens with zero attached hydrogens (tertiary/aromatic N) is 2. The van der Waals surface area contributed by atoms with E-state index in [-0.39, 0.29) is 0 Å². The molecule has 1 saturated carbocycles. The van der Waals surface area contributed by atoms with E-state index >= 15 is 0 Å². The number of hydrogen-bond donors (Lipinski definition) is 1. The Balaban J connectivity index is 2.10. The summed E-state index contributed by atoms with van der Waals surface area (Å²) in [6, 6.07) is 0. The second-order valence-corrected chi connectivity index (χ2v) is 4.86. The summed E-state index contributed by atoms with van der Waals surface area (Å²) in [4.78, 5) is 4.43. The maximum absolute atomic E-state index is 5.12. The van der Waals surface area contributed by atoms with Crippen molar-refractivity contribution in [3.8, 4) is 0 Å². The van der Waals surface area contributed by atoms with E-state index in [9.17, 15) is 0 Å². The molecule has 0 radical (unpaired) electrons. The lowest BCUT2D eigenvalue weighted by Crippen LogP contribution is -2.05. The topological polar surface area (TPSA) is 33.6 Å². The first-order chi connectivity index (χ1) is 7.27. The molecule has 1 N–H and O–H groups in total. The highest BCUT2D eigenvalue weighted by atomic mass is 32.1. The van der Waals surface area contributed by atoms with E-state index in [4.69, 9.17) is 12.2 Å². The Labute approximate surface area is 95.9 Å². The Hall–Kier alpha value is -0.640. The van der Waals surface area contributed by atoms with Crippen LogP contribution in [-0.4, -0.2) is 14.8 Å². The van der Waals surface area contributed by atoms with E-state index in [2.05, 4.69) is 10.1 Å². The van der Waals surface area contributed by atoms with Crippen LogP contribution in [0.3, 0.4) is 0 Å². The molecule has 2 rings (SSSR count). The summed E-state index contributed by atoms with van der Waals surface area (Å²) in [5.74, 6) is 1.71. The van der Waals surface area contributed by atoms with Gasteiger partial charge in [0.2, 0.25) is 4.77 Å². The highest BCUT2D eigenvalue weighted by molar-refractivity contribution is 7.71. The van der Waals surface area contributed by atoms with Crippen LogP contribution < -0.4 is 0 Å². The van der Waals surface area contributed by atoms with Crippen molar-refractivity contribution in [1.82, 2.24) is 14.8 Å². The molecule has 1 aliphatic carbocycles. The molecule has 0 amide bonds. The van der Waals surface area contributed by atoms with Crippen molar-refractivity contribution < 1.29 is 0 Å². The number of aromatic nitrogens is 3. The molecule has 0 unspecified atom stereocenters. The van der Waals surface area contributed by atoms with Gasteiger partial charge in [-0.3, -0.25) is 9.78 Å². The van der Waals surface area contributed by atoms with Crippen molar-refractivity contribution >= 4 is 12.2 Å². The minimum Gasteiger partial charge on any atom is -0.283 e. The van der Waals surface area contributed by atoms with Gasteiger partial charge in [0.25, 0.3) is 0 Å². The predicted octanol–water partition coefficient (Wildman–Crippen LogP) is 3.31. The fraction of sp³-hybridized carbons (Fsp3) is 0.818. The van der Waals surface area contributed by atoms with Gasteiger partial charge in [0.15, 0.2) is 0 Å². The Morgan fingerprint density at radius 1 is 1.20 bits per heavy atom. The Bertz CT molecular complexity index is 358. The van der Waals surface area contributed by atoms with E-state index in [0.717, 1.165) is 5.82 Å². The summed E-state index contributed by atoms with van der Waals surface area (Å²) in [6.07, 6.45) is 9.37. The van der Waals surface area contributed by atoms with Crippen molar-refractivity contribution in [2.75, 3.05) is 0 Å². The quantitative estimate of drug-likeness (QED) is 0.744. The monoisotopic (exact) mass is 225 g/mol. The van der Waals surface area contributed by atoms with Gasteiger partial charge >= 0.3 is 0 Å². The van der Waals surface area contributed by atoms with Crippen LogP contribution in [-0.2, 0) is 7.05 Å². The first kappa shape index (κ1) is 10.9. The Morgan fingerprint density at radius 3 is 2.33 bits per heavy atom. The highest BCUT2D eigenvalue weighted by Crippen LogP contribution is 2.28. The van der Waals surface area contributed by atoms with E-state index in [1.807, 2.05) is 11.7 Å². The van der Waals surface area contributed by atoms with Crippen molar-refractivity contribution in [2.24, 2.45) is 7.05 Å². The Kier molecular flexibility index (Phi) is 3.57. The van der Waals surface area contributed by atoms with Crippen LogP contribution in [0.1, 0.15) is 56.7 Å². The summed E-state index contributed by atoms with van der Waals surface area (Å²) in [7, 11) is 1.93. The van der Waals surface area contributed by atoms with Gasteiger partial charge < -0.3 is 0 Å². The van der Waals surface area contributed by atoms with Crippen LogP contribution in [0.4, 0.5) is 0 Å². The third kappa shape index (κ3) is 2.68. The molecule has 1 aliphatic rings. The standard InChI is InChI=1S/C11H19N3S/c1-14-11(15)12-10(13-14)9-7-5-3-2-4-6-8-9/h9H,2-8H2,1H3,(H,12,13,15). The molecule has 1 fully saturated rings. The molecule has 1 aromatic heterocycles. The number of aryl methyl sites for hydroxylation is 1. The van der Waals surface area contributed by atoms with Crippen LogP contribution in [0.2, 0.25) is 0 Å². The zero-order chi connectivity index (χ0) is 10.7. The molecule has 0 aliphatic heterocycles. The molecule has 4 heteroatoms. The molecule has 0 bridgehead atoms. The van der Waals surface area contributed by atoms with Gasteiger partial charge in [-0.2, -0.15) is 0 Å². The molecule has 0 atom stereocenters. The van der Waals surface area contributed by atoms with Crippen LogP contribution in [0.5, 0.6) is 0 Å². The highest BCUT2D eigenvalue weighted by Gasteiger charge is 2.16. The summed E-state index contributed by atoms with van der Waals surface area (Å²) < 4.78 is 2.51. The molecule has 15 heavy (non-hydrogen) atoms. The van der Waals surface area contributed by atoms with Crippen molar-refractivity contribution in [1.29, 1.82) is 0 Å². The fourth-order valence-corrected chi connectivity index (χ4v) is 2.48. The van der Waals surface area contributed by atoms with Crippen LogP contribution in [0.15, 0.2) is 0 Å². The SMILES string of the molecule is Cn1[nH]c(C2CCCCCCC2)nc1=S. The number of nitrogens with one attached hydrogen (secondary N) is 1. The minimum atomic E-state index is 0.605. The molecular formula is C11H19N3S. The second kappa shape index (κ2) is 4.92. The van der Waals surface area contributed by atoms with Gasteiger partial charge in [0.05, 0.1) is 0 Å². The number of H-pyrrole nitrogens is 1. The summed E-state index contributed by atoms with van der Waals surface area (Å²) >= 11 is 5.12. The number of aromatic amines is 1. The smallest absolute Gasteiger partial charge is 0.215 e. The normalized spacial score (nSPS) is 19.8. The zero-order valence-corrected chi connectivity index (χ0v) is 10.1. The first-order valence-electron chi connectivity index (χ1n) is 5.90. The lowest BCUT2D eigenvalue weighted by molar-refractivity contribution is 0.441. The average Bonchev–Trinajstić information content (AvgIpc) is 2.46. The third-order valence-corrected chi connectivity index (χ3v) is 3.64. The fourth-order valence-electron chi connectivity index (χ4n) is 2.33. The van der Waals surface area contributed by atoms with E-state index in [0.29, 0.717) is 10.7 Å². The first-order valence-corrected chi connectivity index (χ1v) is 6.31. The Morgan fingerprint density at radius 2 is 1.80 bits per heavy atom. The maximum Gasteiger partial charge on any atom is 0.215 e. The number of rotatable bonds is 1. The molecule has 3 nitrogen and oxygen atoms in total. The predicted molar refractivity (Wildman–Crippen MR) is 63.5 cm³/mol. The van der Waals surface area contributed by atoms with Gasteiger partial charge in [0.1, 0.15) is 5.82 Å². The summed E-state index contributed by atoms with van der Waals surface area (Å²) in [6.45, 7) is 0. The third-order valence-electron chi connectivity index (χ3n) is 3.28. The van der Waals surface area contributed by atoms with Crippen molar-refractivity contribution in [2.45, 2.75) is 50.9 Å². The van der Waals surface area contributed by atoms with E-state index in [1.165, 1.54) is 44.9 Å². The molecule has 0 aromatic carbocycles. The molecule has 0 saturated heterocycles. The number of hydrogen-bond acceptors (Lipinski definition) is 2. The van der Waals surface area contributed by atoms with Crippen molar-refractivity contribution in [3.05, 3.63) is 10.6 Å². The van der Waals surface area contributed by atoms with Gasteiger partial charge in [-0.15, -0.1) is 0 Å².